The number of rotatable bonds is 3. The number of carbonyl (C=O) groups is 1. The van der Waals surface area contributed by atoms with Crippen LogP contribution >= 0.6 is 35.8 Å². The van der Waals surface area contributed by atoms with Crippen LogP contribution in [-0.2, 0) is 0 Å². The van der Waals surface area contributed by atoms with Gasteiger partial charge in [-0.1, -0.05) is 35.5 Å². The van der Waals surface area contributed by atoms with Gasteiger partial charge < -0.3 is 10.2 Å². The van der Waals surface area contributed by atoms with Gasteiger partial charge in [-0.25, -0.2) is 0 Å². The smallest absolute Gasteiger partial charge is 0.274 e. The van der Waals surface area contributed by atoms with Crippen LogP contribution in [0.5, 0.6) is 0 Å². The number of nitrogens with zero attached hydrogens (tertiary/aromatic N) is 3. The van der Waals surface area contributed by atoms with Crippen LogP contribution in [0.4, 0.5) is 0 Å². The summed E-state index contributed by atoms with van der Waals surface area (Å²) in [6.07, 6.45) is 0. The SMILES string of the molecule is Cl.O=C(c1ccc(Sc2ccccc2Cl)nn1)N1CCNCC1. The highest BCUT2D eigenvalue weighted by Crippen LogP contribution is 2.31. The molecule has 1 aliphatic rings. The number of hydrogen-bond acceptors (Lipinski definition) is 5. The first-order valence-corrected chi connectivity index (χ1v) is 8.19. The molecule has 0 atom stereocenters. The van der Waals surface area contributed by atoms with Gasteiger partial charge in [-0.05, 0) is 24.3 Å². The largest absolute Gasteiger partial charge is 0.335 e. The van der Waals surface area contributed by atoms with Gasteiger partial charge in [0, 0.05) is 31.1 Å². The van der Waals surface area contributed by atoms with Crippen molar-refractivity contribution in [2.24, 2.45) is 0 Å². The van der Waals surface area contributed by atoms with Gasteiger partial charge in [-0.15, -0.1) is 22.6 Å². The van der Waals surface area contributed by atoms with E-state index in [1.807, 2.05) is 24.3 Å². The van der Waals surface area contributed by atoms with E-state index in [1.54, 1.807) is 17.0 Å². The summed E-state index contributed by atoms with van der Waals surface area (Å²) in [5, 5.41) is 12.8. The highest BCUT2D eigenvalue weighted by molar-refractivity contribution is 7.99. The molecular formula is C15H16Cl2N4OS. The van der Waals surface area contributed by atoms with E-state index in [-0.39, 0.29) is 18.3 Å². The summed E-state index contributed by atoms with van der Waals surface area (Å²) in [4.78, 5) is 15.0. The van der Waals surface area contributed by atoms with Crippen molar-refractivity contribution in [2.45, 2.75) is 9.92 Å². The van der Waals surface area contributed by atoms with Crippen molar-refractivity contribution in [1.29, 1.82) is 0 Å². The third-order valence-corrected chi connectivity index (χ3v) is 4.76. The van der Waals surface area contributed by atoms with Crippen LogP contribution in [0.25, 0.3) is 0 Å². The first kappa shape index (κ1) is 18.0. The number of amides is 1. The van der Waals surface area contributed by atoms with E-state index in [9.17, 15) is 4.79 Å². The highest BCUT2D eigenvalue weighted by atomic mass is 35.5. The Balaban J connectivity index is 0.00000192. The minimum atomic E-state index is -0.0664. The van der Waals surface area contributed by atoms with Crippen molar-refractivity contribution in [2.75, 3.05) is 26.2 Å². The quantitative estimate of drug-likeness (QED) is 0.899. The number of hydrogen-bond donors (Lipinski definition) is 1. The number of carbonyl (C=O) groups excluding carboxylic acids is 1. The van der Waals surface area contributed by atoms with E-state index in [0.29, 0.717) is 28.8 Å². The van der Waals surface area contributed by atoms with Crippen LogP contribution in [0.3, 0.4) is 0 Å². The van der Waals surface area contributed by atoms with Crippen LogP contribution in [0.15, 0.2) is 46.3 Å². The fourth-order valence-electron chi connectivity index (χ4n) is 2.16. The number of nitrogens with one attached hydrogen (secondary N) is 1. The van der Waals surface area contributed by atoms with Crippen LogP contribution in [0, 0.1) is 0 Å². The fourth-order valence-corrected chi connectivity index (χ4v) is 3.17. The first-order chi connectivity index (χ1) is 10.7. The standard InChI is InChI=1S/C15H15ClN4OS.ClH/c16-11-3-1-2-4-13(11)22-14-6-5-12(18-19-14)15(21)20-9-7-17-8-10-20;/h1-6,17H,7-10H2;1H. The predicted octanol–water partition coefficient (Wildman–Crippen LogP) is 2.75. The Hall–Kier alpha value is -1.34. The molecule has 3 rings (SSSR count). The summed E-state index contributed by atoms with van der Waals surface area (Å²) >= 11 is 7.55. The second-order valence-corrected chi connectivity index (χ2v) is 6.30. The second-order valence-electron chi connectivity index (χ2n) is 4.83. The third-order valence-electron chi connectivity index (χ3n) is 3.31. The number of aromatic nitrogens is 2. The Labute approximate surface area is 150 Å². The minimum absolute atomic E-state index is 0. The van der Waals surface area contributed by atoms with E-state index in [4.69, 9.17) is 11.6 Å². The molecule has 5 nitrogen and oxygen atoms in total. The van der Waals surface area contributed by atoms with Crippen molar-refractivity contribution < 1.29 is 4.79 Å². The Morgan fingerprint density at radius 3 is 2.52 bits per heavy atom. The molecule has 0 radical (unpaired) electrons. The topological polar surface area (TPSA) is 58.1 Å². The van der Waals surface area contributed by atoms with Crippen molar-refractivity contribution in [3.05, 3.63) is 47.1 Å². The number of halogens is 2. The molecule has 1 fully saturated rings. The zero-order valence-corrected chi connectivity index (χ0v) is 14.6. The summed E-state index contributed by atoms with van der Waals surface area (Å²) < 4.78 is 0. The molecule has 23 heavy (non-hydrogen) atoms. The zero-order chi connectivity index (χ0) is 15.4. The molecule has 0 bridgehead atoms. The molecule has 0 spiro atoms. The average molecular weight is 371 g/mol. The normalized spacial score (nSPS) is 14.2. The predicted molar refractivity (Wildman–Crippen MR) is 93.6 cm³/mol. The van der Waals surface area contributed by atoms with Gasteiger partial charge in [0.15, 0.2) is 5.69 Å². The third kappa shape index (κ3) is 4.57. The molecule has 1 amide bonds. The lowest BCUT2D eigenvalue weighted by Crippen LogP contribution is -2.46. The Morgan fingerprint density at radius 2 is 1.87 bits per heavy atom. The summed E-state index contributed by atoms with van der Waals surface area (Å²) in [6.45, 7) is 3.05. The van der Waals surface area contributed by atoms with Crippen LogP contribution < -0.4 is 5.32 Å². The number of benzene rings is 1. The molecule has 1 aliphatic heterocycles. The van der Waals surface area contributed by atoms with Gasteiger partial charge in [-0.2, -0.15) is 0 Å². The van der Waals surface area contributed by atoms with E-state index in [2.05, 4.69) is 15.5 Å². The molecule has 1 aromatic heterocycles. The molecule has 1 N–H and O–H groups in total. The summed E-state index contributed by atoms with van der Waals surface area (Å²) in [5.74, 6) is -0.0664. The molecule has 0 saturated carbocycles. The van der Waals surface area contributed by atoms with Crippen LogP contribution in [-0.4, -0.2) is 47.2 Å². The molecule has 0 aliphatic carbocycles. The Kier molecular flexibility index (Phi) is 6.65. The van der Waals surface area contributed by atoms with Gasteiger partial charge in [0.25, 0.3) is 5.91 Å². The van der Waals surface area contributed by atoms with Gasteiger partial charge in [0.1, 0.15) is 5.03 Å². The Bertz CT molecular complexity index is 663. The minimum Gasteiger partial charge on any atom is -0.335 e. The zero-order valence-electron chi connectivity index (χ0n) is 12.2. The van der Waals surface area contributed by atoms with Gasteiger partial charge in [0.05, 0.1) is 5.02 Å². The van der Waals surface area contributed by atoms with Crippen molar-refractivity contribution in [3.63, 3.8) is 0 Å². The average Bonchev–Trinajstić information content (AvgIpc) is 2.58. The van der Waals surface area contributed by atoms with Crippen LogP contribution in [0.1, 0.15) is 10.5 Å². The molecule has 8 heteroatoms. The Morgan fingerprint density at radius 1 is 1.13 bits per heavy atom. The van der Waals surface area contributed by atoms with Crippen LogP contribution in [0.2, 0.25) is 5.02 Å². The summed E-state index contributed by atoms with van der Waals surface area (Å²) in [5.41, 5.74) is 0.380. The lowest BCUT2D eigenvalue weighted by atomic mass is 10.3. The highest BCUT2D eigenvalue weighted by Gasteiger charge is 2.19. The molecule has 0 unspecified atom stereocenters. The van der Waals surface area contributed by atoms with Gasteiger partial charge in [0.2, 0.25) is 0 Å². The lowest BCUT2D eigenvalue weighted by molar-refractivity contribution is 0.0728. The molecule has 2 aromatic rings. The summed E-state index contributed by atoms with van der Waals surface area (Å²) in [6, 6.07) is 11.1. The monoisotopic (exact) mass is 370 g/mol. The van der Waals surface area contributed by atoms with Gasteiger partial charge >= 0.3 is 0 Å². The van der Waals surface area contributed by atoms with Crippen molar-refractivity contribution in [1.82, 2.24) is 20.4 Å². The molecular weight excluding hydrogens is 355 g/mol. The van der Waals surface area contributed by atoms with E-state index in [1.165, 1.54) is 11.8 Å². The van der Waals surface area contributed by atoms with Crippen molar-refractivity contribution in [3.8, 4) is 0 Å². The first-order valence-electron chi connectivity index (χ1n) is 7.00. The summed E-state index contributed by atoms with van der Waals surface area (Å²) in [7, 11) is 0. The maximum absolute atomic E-state index is 12.3. The van der Waals surface area contributed by atoms with E-state index < -0.39 is 0 Å². The lowest BCUT2D eigenvalue weighted by Gasteiger charge is -2.26. The van der Waals surface area contributed by atoms with Gasteiger partial charge in [-0.3, -0.25) is 4.79 Å². The maximum atomic E-state index is 12.3. The van der Waals surface area contributed by atoms with E-state index >= 15 is 0 Å². The molecule has 122 valence electrons. The molecule has 1 saturated heterocycles. The van der Waals surface area contributed by atoms with E-state index in [0.717, 1.165) is 18.0 Å². The molecule has 1 aromatic carbocycles. The number of piperazine rings is 1. The molecule has 2 heterocycles. The second kappa shape index (κ2) is 8.49. The maximum Gasteiger partial charge on any atom is 0.274 e. The fraction of sp³-hybridized carbons (Fsp3) is 0.267. The van der Waals surface area contributed by atoms with Crippen molar-refractivity contribution >= 4 is 41.7 Å².